The average molecular weight is 356 g/mol. The van der Waals surface area contributed by atoms with Crippen molar-refractivity contribution in [3.8, 4) is 11.5 Å². The second-order valence-corrected chi connectivity index (χ2v) is 6.56. The normalized spacial score (nSPS) is 10.6. The number of thioether (sulfide) groups is 1. The summed E-state index contributed by atoms with van der Waals surface area (Å²) in [7, 11) is 1.67. The van der Waals surface area contributed by atoms with E-state index in [9.17, 15) is 0 Å². The van der Waals surface area contributed by atoms with Crippen LogP contribution < -0.4 is 9.47 Å². The molecule has 130 valence electrons. The van der Waals surface area contributed by atoms with Crippen molar-refractivity contribution in [3.05, 3.63) is 65.5 Å². The fourth-order valence-electron chi connectivity index (χ4n) is 2.25. The van der Waals surface area contributed by atoms with Crippen molar-refractivity contribution in [1.82, 2.24) is 10.2 Å². The van der Waals surface area contributed by atoms with E-state index in [1.807, 2.05) is 43.3 Å². The molecule has 5 nitrogen and oxygen atoms in total. The SMILES string of the molecule is COc1ccc(CCSc2nnc(COc3cccc(C)c3)o2)cc1. The van der Waals surface area contributed by atoms with Gasteiger partial charge in [-0.3, -0.25) is 0 Å². The number of nitrogens with zero attached hydrogens (tertiary/aromatic N) is 2. The number of ether oxygens (including phenoxy) is 2. The summed E-state index contributed by atoms with van der Waals surface area (Å²) in [5.41, 5.74) is 2.40. The molecular weight excluding hydrogens is 336 g/mol. The topological polar surface area (TPSA) is 57.4 Å². The van der Waals surface area contributed by atoms with Gasteiger partial charge in [0.25, 0.3) is 11.1 Å². The second kappa shape index (κ2) is 8.58. The van der Waals surface area contributed by atoms with E-state index in [4.69, 9.17) is 13.9 Å². The lowest BCUT2D eigenvalue weighted by atomic mass is 10.2. The van der Waals surface area contributed by atoms with Gasteiger partial charge in [0.05, 0.1) is 7.11 Å². The average Bonchev–Trinajstić information content (AvgIpc) is 3.08. The van der Waals surface area contributed by atoms with E-state index in [2.05, 4.69) is 22.3 Å². The summed E-state index contributed by atoms with van der Waals surface area (Å²) in [5.74, 6) is 3.01. The van der Waals surface area contributed by atoms with E-state index in [1.165, 1.54) is 5.56 Å². The van der Waals surface area contributed by atoms with Crippen LogP contribution >= 0.6 is 11.8 Å². The Morgan fingerprint density at radius 2 is 1.88 bits per heavy atom. The van der Waals surface area contributed by atoms with Gasteiger partial charge in [0, 0.05) is 5.75 Å². The Balaban J connectivity index is 1.44. The highest BCUT2D eigenvalue weighted by Gasteiger charge is 2.08. The first kappa shape index (κ1) is 17.4. The molecule has 25 heavy (non-hydrogen) atoms. The van der Waals surface area contributed by atoms with E-state index in [1.54, 1.807) is 18.9 Å². The van der Waals surface area contributed by atoms with Crippen molar-refractivity contribution in [1.29, 1.82) is 0 Å². The van der Waals surface area contributed by atoms with E-state index in [-0.39, 0.29) is 6.61 Å². The quantitative estimate of drug-likeness (QED) is 0.561. The summed E-state index contributed by atoms with van der Waals surface area (Å²) >= 11 is 1.54. The molecule has 0 atom stereocenters. The highest BCUT2D eigenvalue weighted by Crippen LogP contribution is 2.20. The van der Waals surface area contributed by atoms with E-state index in [0.29, 0.717) is 11.1 Å². The summed E-state index contributed by atoms with van der Waals surface area (Å²) in [6.45, 7) is 2.30. The Morgan fingerprint density at radius 1 is 1.04 bits per heavy atom. The summed E-state index contributed by atoms with van der Waals surface area (Å²) in [6.07, 6.45) is 0.923. The number of hydrogen-bond acceptors (Lipinski definition) is 6. The Labute approximate surface area is 151 Å². The van der Waals surface area contributed by atoms with Crippen molar-refractivity contribution in [2.75, 3.05) is 12.9 Å². The standard InChI is InChI=1S/C19H20N2O3S/c1-14-4-3-5-17(12-14)23-13-18-20-21-19(24-18)25-11-10-15-6-8-16(22-2)9-7-15/h3-9,12H,10-11,13H2,1-2H3. The molecule has 0 saturated heterocycles. The first-order valence-electron chi connectivity index (χ1n) is 8.00. The van der Waals surface area contributed by atoms with Crippen LogP contribution in [0.2, 0.25) is 0 Å². The van der Waals surface area contributed by atoms with Crippen LogP contribution in [0.4, 0.5) is 0 Å². The number of methoxy groups -OCH3 is 1. The largest absolute Gasteiger partial charge is 0.497 e. The first-order chi connectivity index (χ1) is 12.2. The number of rotatable bonds is 8. The molecule has 0 amide bonds. The van der Waals surface area contributed by atoms with E-state index >= 15 is 0 Å². The van der Waals surface area contributed by atoms with Crippen molar-refractivity contribution >= 4 is 11.8 Å². The molecule has 6 heteroatoms. The molecule has 1 heterocycles. The van der Waals surface area contributed by atoms with Crippen molar-refractivity contribution < 1.29 is 13.9 Å². The van der Waals surface area contributed by atoms with Crippen molar-refractivity contribution in [2.24, 2.45) is 0 Å². The molecule has 3 rings (SSSR count). The molecule has 0 fully saturated rings. The zero-order valence-corrected chi connectivity index (χ0v) is 15.1. The third-order valence-electron chi connectivity index (χ3n) is 3.58. The summed E-state index contributed by atoms with van der Waals surface area (Å²) in [6, 6.07) is 15.9. The number of benzene rings is 2. The molecule has 2 aromatic carbocycles. The fourth-order valence-corrected chi connectivity index (χ4v) is 3.02. The van der Waals surface area contributed by atoms with Gasteiger partial charge in [0.15, 0.2) is 6.61 Å². The molecule has 3 aromatic rings. The van der Waals surface area contributed by atoms with Crippen LogP contribution in [0, 0.1) is 6.92 Å². The van der Waals surface area contributed by atoms with Crippen molar-refractivity contribution in [2.45, 2.75) is 25.2 Å². The van der Waals surface area contributed by atoms with Crippen LogP contribution in [0.5, 0.6) is 11.5 Å². The van der Waals surface area contributed by atoms with Crippen LogP contribution in [0.25, 0.3) is 0 Å². The van der Waals surface area contributed by atoms with Crippen LogP contribution in [-0.4, -0.2) is 23.1 Å². The molecular formula is C19H20N2O3S. The Bertz CT molecular complexity index is 802. The minimum Gasteiger partial charge on any atom is -0.497 e. The molecule has 0 bridgehead atoms. The second-order valence-electron chi connectivity index (χ2n) is 5.51. The molecule has 0 radical (unpaired) electrons. The maximum atomic E-state index is 5.66. The summed E-state index contributed by atoms with van der Waals surface area (Å²) in [4.78, 5) is 0. The number of aryl methyl sites for hydroxylation is 2. The van der Waals surface area contributed by atoms with Crippen LogP contribution in [0.1, 0.15) is 17.0 Å². The highest BCUT2D eigenvalue weighted by molar-refractivity contribution is 7.99. The van der Waals surface area contributed by atoms with Crippen LogP contribution in [-0.2, 0) is 13.0 Å². The summed E-state index contributed by atoms with van der Waals surface area (Å²) < 4.78 is 16.4. The molecule has 0 N–H and O–H groups in total. The Hall–Kier alpha value is -2.47. The third-order valence-corrected chi connectivity index (χ3v) is 4.40. The highest BCUT2D eigenvalue weighted by atomic mass is 32.2. The van der Waals surface area contributed by atoms with Gasteiger partial charge in [-0.1, -0.05) is 36.0 Å². The maximum Gasteiger partial charge on any atom is 0.276 e. The smallest absolute Gasteiger partial charge is 0.276 e. The maximum absolute atomic E-state index is 5.66. The van der Waals surface area contributed by atoms with E-state index < -0.39 is 0 Å². The minimum absolute atomic E-state index is 0.273. The number of aromatic nitrogens is 2. The van der Waals surface area contributed by atoms with Crippen molar-refractivity contribution in [3.63, 3.8) is 0 Å². The first-order valence-corrected chi connectivity index (χ1v) is 8.99. The van der Waals surface area contributed by atoms with Gasteiger partial charge >= 0.3 is 0 Å². The lowest BCUT2D eigenvalue weighted by Gasteiger charge is -2.03. The van der Waals surface area contributed by atoms with Gasteiger partial charge in [-0.05, 0) is 48.7 Å². The van der Waals surface area contributed by atoms with Gasteiger partial charge in [-0.2, -0.15) is 0 Å². The van der Waals surface area contributed by atoms with Gasteiger partial charge in [-0.25, -0.2) is 0 Å². The van der Waals surface area contributed by atoms with Crippen LogP contribution in [0.3, 0.4) is 0 Å². The van der Waals surface area contributed by atoms with Gasteiger partial charge in [-0.15, -0.1) is 10.2 Å². The van der Waals surface area contributed by atoms with Gasteiger partial charge in [0.2, 0.25) is 0 Å². The molecule has 0 aliphatic carbocycles. The summed E-state index contributed by atoms with van der Waals surface area (Å²) in [5, 5.41) is 8.64. The van der Waals surface area contributed by atoms with Gasteiger partial charge in [0.1, 0.15) is 11.5 Å². The molecule has 0 saturated carbocycles. The molecule has 0 unspecified atom stereocenters. The molecule has 0 aliphatic heterocycles. The Kier molecular flexibility index (Phi) is 5.95. The fraction of sp³-hybridized carbons (Fsp3) is 0.263. The molecule has 1 aromatic heterocycles. The third kappa shape index (κ3) is 5.26. The predicted octanol–water partition coefficient (Wildman–Crippen LogP) is 4.30. The minimum atomic E-state index is 0.273. The van der Waals surface area contributed by atoms with E-state index in [0.717, 1.165) is 29.2 Å². The predicted molar refractivity (Wildman–Crippen MR) is 97.2 cm³/mol. The zero-order chi connectivity index (χ0) is 17.5. The van der Waals surface area contributed by atoms with Gasteiger partial charge < -0.3 is 13.9 Å². The lowest BCUT2D eigenvalue weighted by molar-refractivity contribution is 0.252. The monoisotopic (exact) mass is 356 g/mol. The lowest BCUT2D eigenvalue weighted by Crippen LogP contribution is -1.95. The zero-order valence-electron chi connectivity index (χ0n) is 14.3. The molecule has 0 spiro atoms. The van der Waals surface area contributed by atoms with Crippen LogP contribution in [0.15, 0.2) is 58.2 Å². The molecule has 0 aliphatic rings. The number of hydrogen-bond donors (Lipinski definition) is 0. The Morgan fingerprint density at radius 3 is 2.64 bits per heavy atom.